The second-order valence-electron chi connectivity index (χ2n) is 9.38. The van der Waals surface area contributed by atoms with Gasteiger partial charge in [0, 0.05) is 12.1 Å². The van der Waals surface area contributed by atoms with Crippen LogP contribution in [-0.2, 0) is 13.0 Å². The molecule has 1 atom stereocenters. The van der Waals surface area contributed by atoms with Crippen LogP contribution in [-0.4, -0.2) is 28.2 Å². The number of hydrogen-bond acceptors (Lipinski definition) is 4. The van der Waals surface area contributed by atoms with Crippen molar-refractivity contribution in [2.24, 2.45) is 11.3 Å². The van der Waals surface area contributed by atoms with E-state index in [0.29, 0.717) is 21.7 Å². The Hall–Kier alpha value is -2.81. The van der Waals surface area contributed by atoms with E-state index in [4.69, 9.17) is 11.6 Å². The summed E-state index contributed by atoms with van der Waals surface area (Å²) in [5.74, 6) is 0.421. The molecule has 1 unspecified atom stereocenters. The van der Waals surface area contributed by atoms with Crippen LogP contribution in [0.25, 0.3) is 11.3 Å². The first-order valence-corrected chi connectivity index (χ1v) is 11.9. The Morgan fingerprint density at radius 1 is 1.09 bits per heavy atom. The minimum absolute atomic E-state index is 0.334. The molecule has 1 aliphatic carbocycles. The minimum atomic E-state index is -0.334. The second-order valence-corrected chi connectivity index (χ2v) is 9.79. The summed E-state index contributed by atoms with van der Waals surface area (Å²) in [6, 6.07) is 18.4. The molecular formula is C27H26ClFN4. The largest absolute Gasteiger partial charge is 0.299 e. The third-order valence-electron chi connectivity index (χ3n) is 7.42. The molecule has 33 heavy (non-hydrogen) atoms. The van der Waals surface area contributed by atoms with Gasteiger partial charge in [-0.15, -0.1) is 0 Å². The summed E-state index contributed by atoms with van der Waals surface area (Å²) in [6.07, 6.45) is 5.81. The minimum Gasteiger partial charge on any atom is -0.299 e. The molecule has 2 aromatic carbocycles. The molecule has 2 fully saturated rings. The van der Waals surface area contributed by atoms with Gasteiger partial charge in [-0.1, -0.05) is 29.8 Å². The molecule has 0 bridgehead atoms. The van der Waals surface area contributed by atoms with Gasteiger partial charge in [-0.25, -0.2) is 4.39 Å². The topological polar surface area (TPSA) is 52.8 Å². The number of aromatic nitrogens is 2. The molecule has 0 N–H and O–H groups in total. The van der Waals surface area contributed by atoms with Crippen LogP contribution in [0.2, 0.25) is 5.02 Å². The zero-order valence-electron chi connectivity index (χ0n) is 18.5. The van der Waals surface area contributed by atoms with Gasteiger partial charge in [0.05, 0.1) is 28.0 Å². The zero-order chi connectivity index (χ0) is 22.8. The molecule has 5 rings (SSSR count). The zero-order valence-corrected chi connectivity index (χ0v) is 19.2. The van der Waals surface area contributed by atoms with Crippen molar-refractivity contribution in [3.8, 4) is 17.3 Å². The Morgan fingerprint density at radius 3 is 2.67 bits per heavy atom. The monoisotopic (exact) mass is 460 g/mol. The van der Waals surface area contributed by atoms with Crippen molar-refractivity contribution in [1.82, 2.24) is 15.1 Å². The Balaban J connectivity index is 1.12. The standard InChI is InChI=1S/C27H26ClFN4/c28-25-9-6-22(29)15-24(25)26-10-8-23(31-32-26)7-5-21-16-27(21)11-13-33(14-12-27)18-20-4-2-1-3-19(20)17-30/h1-4,6,8-10,15,21H,5,7,11-14,16,18H2. The Labute approximate surface area is 199 Å². The summed E-state index contributed by atoms with van der Waals surface area (Å²) < 4.78 is 13.5. The number of piperidine rings is 1. The van der Waals surface area contributed by atoms with E-state index in [1.54, 1.807) is 6.07 Å². The van der Waals surface area contributed by atoms with Crippen molar-refractivity contribution in [1.29, 1.82) is 5.26 Å². The first-order chi connectivity index (χ1) is 16.1. The van der Waals surface area contributed by atoms with Gasteiger partial charge in [-0.05, 0) is 98.5 Å². The Bertz CT molecular complexity index is 1180. The fourth-order valence-corrected chi connectivity index (χ4v) is 5.48. The normalized spacial score (nSPS) is 19.4. The second kappa shape index (κ2) is 9.21. The van der Waals surface area contributed by atoms with Gasteiger partial charge in [0.15, 0.2) is 0 Å². The summed E-state index contributed by atoms with van der Waals surface area (Å²) in [5.41, 5.74) is 4.54. The number of nitrogens with zero attached hydrogens (tertiary/aromatic N) is 4. The molecule has 1 aromatic heterocycles. The van der Waals surface area contributed by atoms with Gasteiger partial charge in [0.2, 0.25) is 0 Å². The lowest BCUT2D eigenvalue weighted by Crippen LogP contribution is -2.35. The van der Waals surface area contributed by atoms with Gasteiger partial charge in [-0.2, -0.15) is 15.5 Å². The van der Waals surface area contributed by atoms with E-state index in [9.17, 15) is 9.65 Å². The van der Waals surface area contributed by atoms with Crippen LogP contribution in [0, 0.1) is 28.5 Å². The predicted molar refractivity (Wildman–Crippen MR) is 127 cm³/mol. The molecular weight excluding hydrogens is 435 g/mol. The molecule has 2 aliphatic rings. The van der Waals surface area contributed by atoms with Gasteiger partial charge in [0.25, 0.3) is 0 Å². The van der Waals surface area contributed by atoms with Gasteiger partial charge in [0.1, 0.15) is 5.82 Å². The third kappa shape index (κ3) is 4.78. The van der Waals surface area contributed by atoms with Crippen molar-refractivity contribution in [3.63, 3.8) is 0 Å². The molecule has 0 amide bonds. The van der Waals surface area contributed by atoms with E-state index in [1.807, 2.05) is 30.3 Å². The van der Waals surface area contributed by atoms with E-state index < -0.39 is 0 Å². The molecule has 2 heterocycles. The smallest absolute Gasteiger partial charge is 0.123 e. The predicted octanol–water partition coefficient (Wildman–Crippen LogP) is 6.04. The number of likely N-dealkylation sites (tertiary alicyclic amines) is 1. The Kier molecular flexibility index (Phi) is 6.14. The summed E-state index contributed by atoms with van der Waals surface area (Å²) >= 11 is 6.18. The third-order valence-corrected chi connectivity index (χ3v) is 7.75. The van der Waals surface area contributed by atoms with E-state index in [1.165, 1.54) is 31.4 Å². The van der Waals surface area contributed by atoms with Crippen LogP contribution in [0.15, 0.2) is 54.6 Å². The quantitative estimate of drug-likeness (QED) is 0.449. The average molecular weight is 461 g/mol. The highest BCUT2D eigenvalue weighted by atomic mass is 35.5. The molecule has 1 spiro atoms. The van der Waals surface area contributed by atoms with Gasteiger partial charge in [-0.3, -0.25) is 4.90 Å². The number of halogens is 2. The SMILES string of the molecule is N#Cc1ccccc1CN1CCC2(CC1)CC2CCc1ccc(-c2cc(F)ccc2Cl)nn1. The molecule has 6 heteroatoms. The summed E-state index contributed by atoms with van der Waals surface area (Å²) in [4.78, 5) is 2.48. The first kappa shape index (κ1) is 22.0. The molecule has 1 saturated heterocycles. The highest BCUT2D eigenvalue weighted by molar-refractivity contribution is 6.33. The van der Waals surface area contributed by atoms with Crippen LogP contribution >= 0.6 is 11.6 Å². The summed E-state index contributed by atoms with van der Waals surface area (Å²) in [6.45, 7) is 3.06. The highest BCUT2D eigenvalue weighted by Gasteiger charge is 2.53. The average Bonchev–Trinajstić information content (AvgIpc) is 3.53. The molecule has 0 radical (unpaired) electrons. The van der Waals surface area contributed by atoms with E-state index in [0.717, 1.165) is 55.2 Å². The number of benzene rings is 2. The molecule has 3 aromatic rings. The van der Waals surface area contributed by atoms with Crippen molar-refractivity contribution in [3.05, 3.63) is 82.3 Å². The van der Waals surface area contributed by atoms with E-state index >= 15 is 0 Å². The molecule has 1 saturated carbocycles. The van der Waals surface area contributed by atoms with E-state index in [2.05, 4.69) is 27.2 Å². The number of nitriles is 1. The van der Waals surface area contributed by atoms with Crippen LogP contribution < -0.4 is 0 Å². The first-order valence-electron chi connectivity index (χ1n) is 11.5. The molecule has 1 aliphatic heterocycles. The number of hydrogen-bond donors (Lipinski definition) is 0. The lowest BCUT2D eigenvalue weighted by atomic mass is 9.89. The molecule has 4 nitrogen and oxygen atoms in total. The van der Waals surface area contributed by atoms with Gasteiger partial charge >= 0.3 is 0 Å². The van der Waals surface area contributed by atoms with Crippen LogP contribution in [0.5, 0.6) is 0 Å². The van der Waals surface area contributed by atoms with Crippen LogP contribution in [0.1, 0.15) is 42.5 Å². The maximum Gasteiger partial charge on any atom is 0.123 e. The van der Waals surface area contributed by atoms with Crippen molar-refractivity contribution in [2.45, 2.75) is 38.6 Å². The van der Waals surface area contributed by atoms with Crippen molar-refractivity contribution >= 4 is 11.6 Å². The summed E-state index contributed by atoms with van der Waals surface area (Å²) in [7, 11) is 0. The lowest BCUT2D eigenvalue weighted by molar-refractivity contribution is 0.155. The Morgan fingerprint density at radius 2 is 1.91 bits per heavy atom. The lowest BCUT2D eigenvalue weighted by Gasteiger charge is -2.33. The fourth-order valence-electron chi connectivity index (χ4n) is 5.27. The number of rotatable bonds is 6. The fraction of sp³-hybridized carbons (Fsp3) is 0.370. The van der Waals surface area contributed by atoms with Gasteiger partial charge < -0.3 is 0 Å². The number of aryl methyl sites for hydroxylation is 1. The summed E-state index contributed by atoms with van der Waals surface area (Å²) in [5, 5.41) is 18.5. The van der Waals surface area contributed by atoms with Crippen molar-refractivity contribution in [2.75, 3.05) is 13.1 Å². The maximum atomic E-state index is 13.5. The molecule has 168 valence electrons. The van der Waals surface area contributed by atoms with Crippen LogP contribution in [0.3, 0.4) is 0 Å². The van der Waals surface area contributed by atoms with Crippen LogP contribution in [0.4, 0.5) is 4.39 Å². The van der Waals surface area contributed by atoms with E-state index in [-0.39, 0.29) is 5.82 Å². The maximum absolute atomic E-state index is 13.5. The van der Waals surface area contributed by atoms with Crippen molar-refractivity contribution < 1.29 is 4.39 Å². The highest BCUT2D eigenvalue weighted by Crippen LogP contribution is 2.61.